The van der Waals surface area contributed by atoms with Crippen LogP contribution in [0.3, 0.4) is 0 Å². The lowest BCUT2D eigenvalue weighted by Crippen LogP contribution is -2.26. The van der Waals surface area contributed by atoms with Gasteiger partial charge in [0.05, 0.1) is 5.02 Å². The summed E-state index contributed by atoms with van der Waals surface area (Å²) in [5.74, 6) is -0.0328. The molecule has 0 atom stereocenters. The van der Waals surface area contributed by atoms with Crippen molar-refractivity contribution in [2.75, 3.05) is 0 Å². The molecule has 120 valence electrons. The van der Waals surface area contributed by atoms with Gasteiger partial charge in [-0.3, -0.25) is 4.79 Å². The number of hydrogen-bond acceptors (Lipinski definition) is 1. The van der Waals surface area contributed by atoms with Crippen LogP contribution in [0.25, 0.3) is 0 Å². The van der Waals surface area contributed by atoms with E-state index < -0.39 is 6.89 Å². The Kier molecular flexibility index (Phi) is 4.76. The van der Waals surface area contributed by atoms with Gasteiger partial charge in [0.2, 0.25) is 0 Å². The lowest BCUT2D eigenvalue weighted by molar-refractivity contribution is 0.101. The molecule has 0 saturated carbocycles. The maximum Gasteiger partial charge on any atom is 0.161 e. The second-order valence-corrected chi connectivity index (χ2v) is 9.19. The van der Waals surface area contributed by atoms with Gasteiger partial charge in [-0.1, -0.05) is 90.7 Å². The largest absolute Gasteiger partial charge is 0.294 e. The average Bonchev–Trinajstić information content (AvgIpc) is 2.62. The van der Waals surface area contributed by atoms with E-state index in [-0.39, 0.29) is 5.78 Å². The quantitative estimate of drug-likeness (QED) is 0.506. The van der Waals surface area contributed by atoms with Gasteiger partial charge in [0.25, 0.3) is 0 Å². The van der Waals surface area contributed by atoms with Crippen LogP contribution in [0.2, 0.25) is 5.02 Å². The van der Waals surface area contributed by atoms with E-state index in [1.807, 2.05) is 48.5 Å². The minimum atomic E-state index is -2.16. The number of halogens is 1. The first-order valence-electron chi connectivity index (χ1n) is 7.70. The SMILES string of the molecule is C=P(c1ccccc1)(c1ccccc1)c1cccc(C(C)=O)c1Cl. The van der Waals surface area contributed by atoms with Crippen molar-refractivity contribution >= 4 is 46.5 Å². The van der Waals surface area contributed by atoms with Crippen molar-refractivity contribution < 1.29 is 4.79 Å². The summed E-state index contributed by atoms with van der Waals surface area (Å²) in [7, 11) is 0. The number of ketones is 1. The number of carbonyl (C=O) groups excluding carboxylic acids is 1. The third-order valence-electron chi connectivity index (χ3n) is 4.16. The Bertz CT molecular complexity index is 874. The van der Waals surface area contributed by atoms with E-state index >= 15 is 0 Å². The van der Waals surface area contributed by atoms with Gasteiger partial charge >= 0.3 is 0 Å². The Morgan fingerprint density at radius 3 is 1.79 bits per heavy atom. The summed E-state index contributed by atoms with van der Waals surface area (Å²) >= 11 is 6.65. The van der Waals surface area contributed by atoms with Crippen LogP contribution in [-0.4, -0.2) is 12.1 Å². The number of carbonyl (C=O) groups is 1. The molecule has 0 spiro atoms. The molecule has 24 heavy (non-hydrogen) atoms. The summed E-state index contributed by atoms with van der Waals surface area (Å²) in [5.41, 5.74) is 0.550. The first kappa shape index (κ1) is 16.8. The van der Waals surface area contributed by atoms with E-state index in [0.717, 1.165) is 15.9 Å². The molecule has 0 heterocycles. The molecule has 0 fully saturated rings. The molecule has 0 aliphatic carbocycles. The predicted molar refractivity (Wildman–Crippen MR) is 107 cm³/mol. The lowest BCUT2D eigenvalue weighted by Gasteiger charge is -2.28. The third-order valence-corrected chi connectivity index (χ3v) is 8.26. The molecule has 0 aromatic heterocycles. The molecule has 0 aliphatic rings. The minimum Gasteiger partial charge on any atom is -0.294 e. The molecule has 0 N–H and O–H groups in total. The molecule has 3 aromatic rings. The van der Waals surface area contributed by atoms with Crippen molar-refractivity contribution in [1.82, 2.24) is 0 Å². The Morgan fingerprint density at radius 1 is 0.833 bits per heavy atom. The van der Waals surface area contributed by atoms with Gasteiger partial charge in [-0.25, -0.2) is 0 Å². The van der Waals surface area contributed by atoms with Gasteiger partial charge < -0.3 is 0 Å². The molecule has 0 amide bonds. The second-order valence-electron chi connectivity index (χ2n) is 5.68. The van der Waals surface area contributed by atoms with Crippen LogP contribution in [0, 0.1) is 0 Å². The standard InChI is InChI=1S/C21H18ClOP/c1-16(23)19-14-9-15-20(21(19)22)24(2,17-10-5-3-6-11-17)18-12-7-4-8-13-18/h3-15H,2H2,1H3. The predicted octanol–water partition coefficient (Wildman–Crippen LogP) is 4.27. The van der Waals surface area contributed by atoms with Gasteiger partial charge in [-0.2, -0.15) is 0 Å². The van der Waals surface area contributed by atoms with E-state index in [0.29, 0.717) is 10.6 Å². The van der Waals surface area contributed by atoms with E-state index in [2.05, 4.69) is 30.6 Å². The van der Waals surface area contributed by atoms with E-state index in [4.69, 9.17) is 11.6 Å². The Morgan fingerprint density at radius 2 is 1.33 bits per heavy atom. The van der Waals surface area contributed by atoms with Crippen LogP contribution in [-0.2, 0) is 0 Å². The third kappa shape index (κ3) is 2.86. The van der Waals surface area contributed by atoms with Crippen LogP contribution in [0.4, 0.5) is 0 Å². The lowest BCUT2D eigenvalue weighted by atomic mass is 10.1. The van der Waals surface area contributed by atoms with Gasteiger partial charge in [0.15, 0.2) is 5.78 Å². The Labute approximate surface area is 147 Å². The smallest absolute Gasteiger partial charge is 0.161 e. The van der Waals surface area contributed by atoms with E-state index in [9.17, 15) is 4.79 Å². The summed E-state index contributed by atoms with van der Waals surface area (Å²) < 4.78 is 0. The van der Waals surface area contributed by atoms with Gasteiger partial charge in [-0.15, -0.1) is 0 Å². The average molecular weight is 353 g/mol. The van der Waals surface area contributed by atoms with Crippen LogP contribution in [0.15, 0.2) is 78.9 Å². The zero-order chi connectivity index (χ0) is 17.2. The Hall–Kier alpha value is -2.08. The monoisotopic (exact) mass is 352 g/mol. The first-order valence-corrected chi connectivity index (χ1v) is 10.0. The first-order chi connectivity index (χ1) is 11.5. The normalized spacial score (nSPS) is 11.2. The highest BCUT2D eigenvalue weighted by atomic mass is 35.5. The number of Topliss-reactive ketones (excluding diaryl/α,β-unsaturated/α-hetero) is 1. The number of rotatable bonds is 4. The van der Waals surface area contributed by atoms with E-state index in [1.165, 1.54) is 0 Å². The maximum atomic E-state index is 11.9. The molecule has 0 unspecified atom stereocenters. The van der Waals surface area contributed by atoms with Crippen LogP contribution < -0.4 is 15.9 Å². The van der Waals surface area contributed by atoms with Crippen molar-refractivity contribution in [1.29, 1.82) is 0 Å². The van der Waals surface area contributed by atoms with Gasteiger partial charge in [0, 0.05) is 10.9 Å². The fourth-order valence-corrected chi connectivity index (χ4v) is 6.58. The molecule has 0 aliphatic heterocycles. The van der Waals surface area contributed by atoms with Crippen molar-refractivity contribution in [3.05, 3.63) is 89.4 Å². The minimum absolute atomic E-state index is 0.0328. The fraction of sp³-hybridized carbons (Fsp3) is 0.0476. The molecule has 0 radical (unpaired) electrons. The Balaban J connectivity index is 2.35. The number of benzene rings is 3. The van der Waals surface area contributed by atoms with Crippen LogP contribution in [0.1, 0.15) is 17.3 Å². The summed E-state index contributed by atoms with van der Waals surface area (Å²) in [6.07, 6.45) is 4.66. The second kappa shape index (κ2) is 6.81. The highest BCUT2D eigenvalue weighted by molar-refractivity contribution is 7.93. The van der Waals surface area contributed by atoms with Crippen molar-refractivity contribution in [3.8, 4) is 0 Å². The molecule has 3 rings (SSSR count). The molecular formula is C21H18ClOP. The molecule has 0 bridgehead atoms. The maximum absolute atomic E-state index is 11.9. The van der Waals surface area contributed by atoms with E-state index in [1.54, 1.807) is 13.0 Å². The highest BCUT2D eigenvalue weighted by Crippen LogP contribution is 2.44. The molecule has 1 nitrogen and oxygen atoms in total. The van der Waals surface area contributed by atoms with Crippen molar-refractivity contribution in [2.45, 2.75) is 6.92 Å². The highest BCUT2D eigenvalue weighted by Gasteiger charge is 2.26. The molecule has 3 aromatic carbocycles. The summed E-state index contributed by atoms with van der Waals surface area (Å²) in [5, 5.41) is 3.73. The van der Waals surface area contributed by atoms with Gasteiger partial charge in [-0.05, 0) is 30.5 Å². The van der Waals surface area contributed by atoms with Crippen LogP contribution in [0.5, 0.6) is 0 Å². The summed E-state index contributed by atoms with van der Waals surface area (Å²) in [6.45, 7) is -0.624. The topological polar surface area (TPSA) is 17.1 Å². The van der Waals surface area contributed by atoms with Crippen molar-refractivity contribution in [3.63, 3.8) is 0 Å². The molecule has 3 heteroatoms. The van der Waals surface area contributed by atoms with Gasteiger partial charge in [0.1, 0.15) is 0 Å². The number of hydrogen-bond donors (Lipinski definition) is 0. The zero-order valence-electron chi connectivity index (χ0n) is 13.4. The fourth-order valence-electron chi connectivity index (χ4n) is 2.88. The van der Waals surface area contributed by atoms with Crippen molar-refractivity contribution in [2.24, 2.45) is 0 Å². The van der Waals surface area contributed by atoms with Crippen LogP contribution >= 0.6 is 18.5 Å². The summed E-state index contributed by atoms with van der Waals surface area (Å²) in [4.78, 5) is 11.9. The summed E-state index contributed by atoms with van der Waals surface area (Å²) in [6, 6.07) is 26.1. The molecular weight excluding hydrogens is 335 g/mol. The molecule has 0 saturated heterocycles. The zero-order valence-corrected chi connectivity index (χ0v) is 15.1.